The highest BCUT2D eigenvalue weighted by molar-refractivity contribution is 5.57. The Labute approximate surface area is 102 Å². The number of methoxy groups -OCH3 is 1. The van der Waals surface area contributed by atoms with Gasteiger partial charge in [-0.2, -0.15) is 0 Å². The fraction of sp³-hybridized carbons (Fsp3) is 0.429. The Morgan fingerprint density at radius 2 is 2.18 bits per heavy atom. The van der Waals surface area contributed by atoms with E-state index in [0.29, 0.717) is 11.8 Å². The van der Waals surface area contributed by atoms with E-state index >= 15 is 0 Å². The van der Waals surface area contributed by atoms with Gasteiger partial charge in [-0.3, -0.25) is 0 Å². The molecule has 1 aromatic rings. The molecule has 0 atom stereocenters. The summed E-state index contributed by atoms with van der Waals surface area (Å²) in [5, 5.41) is 3.32. The van der Waals surface area contributed by atoms with E-state index < -0.39 is 0 Å². The first kappa shape index (κ1) is 13.7. The van der Waals surface area contributed by atoms with Crippen LogP contribution in [0.1, 0.15) is 25.8 Å². The van der Waals surface area contributed by atoms with Crippen LogP contribution in [0.2, 0.25) is 0 Å². The Morgan fingerprint density at radius 3 is 2.82 bits per heavy atom. The van der Waals surface area contributed by atoms with Gasteiger partial charge in [0.25, 0.3) is 0 Å². The molecule has 0 aliphatic rings. The summed E-state index contributed by atoms with van der Waals surface area (Å²) in [6.45, 7) is 5.14. The van der Waals surface area contributed by atoms with Gasteiger partial charge in [0.15, 0.2) is 0 Å². The third-order valence-electron chi connectivity index (χ3n) is 2.35. The molecule has 0 spiro atoms. The van der Waals surface area contributed by atoms with Crippen molar-refractivity contribution >= 4 is 6.08 Å². The van der Waals surface area contributed by atoms with Gasteiger partial charge in [0, 0.05) is 11.6 Å². The van der Waals surface area contributed by atoms with Crippen LogP contribution in [-0.4, -0.2) is 19.7 Å². The first-order chi connectivity index (χ1) is 8.13. The summed E-state index contributed by atoms with van der Waals surface area (Å²) in [5.74, 6) is 0.449. The molecule has 0 bridgehead atoms. The molecule has 0 radical (unpaired) electrons. The lowest BCUT2D eigenvalue weighted by Crippen LogP contribution is -2.23. The van der Waals surface area contributed by atoms with Crippen molar-refractivity contribution in [3.8, 4) is 5.75 Å². The molecule has 0 saturated heterocycles. The van der Waals surface area contributed by atoms with Crippen LogP contribution in [-0.2, 0) is 0 Å². The van der Waals surface area contributed by atoms with Gasteiger partial charge >= 0.3 is 0 Å². The van der Waals surface area contributed by atoms with Gasteiger partial charge in [-0.15, -0.1) is 0 Å². The smallest absolute Gasteiger partial charge is 0.126 e. The second-order valence-electron chi connectivity index (χ2n) is 4.19. The average Bonchev–Trinajstić information content (AvgIpc) is 2.28. The van der Waals surface area contributed by atoms with Crippen LogP contribution < -0.4 is 10.1 Å². The predicted octanol–water partition coefficient (Wildman–Crippen LogP) is 3.24. The fourth-order valence-electron chi connectivity index (χ4n) is 1.50. The van der Waals surface area contributed by atoms with E-state index in [9.17, 15) is 4.39 Å². The number of halogens is 1. The monoisotopic (exact) mass is 237 g/mol. The van der Waals surface area contributed by atoms with Crippen LogP contribution in [0.3, 0.4) is 0 Å². The zero-order chi connectivity index (χ0) is 12.7. The molecule has 1 aromatic carbocycles. The Bertz CT molecular complexity index is 374. The van der Waals surface area contributed by atoms with Crippen LogP contribution in [0, 0.1) is 5.82 Å². The summed E-state index contributed by atoms with van der Waals surface area (Å²) in [6.07, 6.45) is 4.83. The molecule has 94 valence electrons. The lowest BCUT2D eigenvalue weighted by molar-refractivity contribution is 0.412. The maximum Gasteiger partial charge on any atom is 0.126 e. The van der Waals surface area contributed by atoms with Gasteiger partial charge < -0.3 is 10.1 Å². The van der Waals surface area contributed by atoms with Crippen molar-refractivity contribution in [1.82, 2.24) is 5.32 Å². The Kier molecular flexibility index (Phi) is 5.70. The molecule has 0 heterocycles. The second-order valence-corrected chi connectivity index (χ2v) is 4.19. The molecule has 0 aliphatic carbocycles. The number of nitrogens with one attached hydrogen (secondary N) is 1. The number of hydrogen-bond donors (Lipinski definition) is 1. The largest absolute Gasteiger partial charge is 0.496 e. The molecule has 17 heavy (non-hydrogen) atoms. The van der Waals surface area contributed by atoms with Crippen LogP contribution in [0.5, 0.6) is 5.75 Å². The van der Waals surface area contributed by atoms with Crippen molar-refractivity contribution in [2.24, 2.45) is 0 Å². The van der Waals surface area contributed by atoms with Crippen molar-refractivity contribution in [2.45, 2.75) is 26.3 Å². The average molecular weight is 237 g/mol. The molecule has 1 rings (SSSR count). The topological polar surface area (TPSA) is 21.3 Å². The summed E-state index contributed by atoms with van der Waals surface area (Å²) < 4.78 is 18.2. The quantitative estimate of drug-likeness (QED) is 0.767. The van der Waals surface area contributed by atoms with Crippen molar-refractivity contribution in [3.63, 3.8) is 0 Å². The molecule has 0 saturated carbocycles. The number of benzene rings is 1. The third kappa shape index (κ3) is 5.00. The highest BCUT2D eigenvalue weighted by Gasteiger charge is 2.00. The zero-order valence-corrected chi connectivity index (χ0v) is 10.7. The van der Waals surface area contributed by atoms with Crippen LogP contribution >= 0.6 is 0 Å². The van der Waals surface area contributed by atoms with E-state index in [-0.39, 0.29) is 5.82 Å². The van der Waals surface area contributed by atoms with E-state index in [1.807, 2.05) is 12.2 Å². The first-order valence-electron chi connectivity index (χ1n) is 5.87. The van der Waals surface area contributed by atoms with Crippen molar-refractivity contribution in [3.05, 3.63) is 35.7 Å². The Balaban J connectivity index is 2.55. The maximum atomic E-state index is 13.1. The van der Waals surface area contributed by atoms with Gasteiger partial charge in [0.1, 0.15) is 11.6 Å². The van der Waals surface area contributed by atoms with E-state index in [0.717, 1.165) is 18.5 Å². The molecular weight excluding hydrogens is 217 g/mol. The number of rotatable bonds is 6. The molecule has 0 aliphatic heterocycles. The maximum absolute atomic E-state index is 13.1. The van der Waals surface area contributed by atoms with E-state index in [1.165, 1.54) is 12.1 Å². The molecular formula is C14H20FNO. The second kappa shape index (κ2) is 7.07. The minimum absolute atomic E-state index is 0.245. The lowest BCUT2D eigenvalue weighted by atomic mass is 10.1. The molecule has 2 nitrogen and oxygen atoms in total. The predicted molar refractivity (Wildman–Crippen MR) is 69.7 cm³/mol. The highest BCUT2D eigenvalue weighted by Crippen LogP contribution is 2.20. The SMILES string of the molecule is COc1ccc(F)cc1/C=C/CCNC(C)C. The fourth-order valence-corrected chi connectivity index (χ4v) is 1.50. The van der Waals surface area contributed by atoms with Gasteiger partial charge in [-0.25, -0.2) is 4.39 Å². The van der Waals surface area contributed by atoms with Gasteiger partial charge in [-0.05, 0) is 31.2 Å². The summed E-state index contributed by atoms with van der Waals surface area (Å²) in [6, 6.07) is 5.01. The molecule has 0 aromatic heterocycles. The molecule has 1 N–H and O–H groups in total. The van der Waals surface area contributed by atoms with E-state index in [2.05, 4.69) is 19.2 Å². The summed E-state index contributed by atoms with van der Waals surface area (Å²) >= 11 is 0. The molecule has 0 amide bonds. The third-order valence-corrected chi connectivity index (χ3v) is 2.35. The molecule has 0 fully saturated rings. The van der Waals surface area contributed by atoms with Gasteiger partial charge in [0.2, 0.25) is 0 Å². The van der Waals surface area contributed by atoms with Crippen molar-refractivity contribution in [2.75, 3.05) is 13.7 Å². The summed E-state index contributed by atoms with van der Waals surface area (Å²) in [4.78, 5) is 0. The normalized spacial score (nSPS) is 11.4. The number of hydrogen-bond acceptors (Lipinski definition) is 2. The Hall–Kier alpha value is -1.35. The van der Waals surface area contributed by atoms with Crippen molar-refractivity contribution in [1.29, 1.82) is 0 Å². The van der Waals surface area contributed by atoms with Crippen LogP contribution in [0.4, 0.5) is 4.39 Å². The minimum atomic E-state index is -0.245. The standard InChI is InChI=1S/C14H20FNO/c1-11(2)16-9-5-4-6-12-10-13(15)7-8-14(12)17-3/h4,6-8,10-11,16H,5,9H2,1-3H3/b6-4+. The summed E-state index contributed by atoms with van der Waals surface area (Å²) in [5.41, 5.74) is 0.775. The van der Waals surface area contributed by atoms with Crippen LogP contribution in [0.25, 0.3) is 6.08 Å². The minimum Gasteiger partial charge on any atom is -0.496 e. The van der Waals surface area contributed by atoms with Gasteiger partial charge in [-0.1, -0.05) is 26.0 Å². The van der Waals surface area contributed by atoms with Crippen LogP contribution in [0.15, 0.2) is 24.3 Å². The van der Waals surface area contributed by atoms with E-state index in [4.69, 9.17) is 4.74 Å². The van der Waals surface area contributed by atoms with Crippen molar-refractivity contribution < 1.29 is 9.13 Å². The first-order valence-corrected chi connectivity index (χ1v) is 5.87. The lowest BCUT2D eigenvalue weighted by Gasteiger charge is -2.06. The summed E-state index contributed by atoms with van der Waals surface area (Å²) in [7, 11) is 1.59. The highest BCUT2D eigenvalue weighted by atomic mass is 19.1. The number of ether oxygens (including phenoxy) is 1. The van der Waals surface area contributed by atoms with Gasteiger partial charge in [0.05, 0.1) is 7.11 Å². The molecule has 0 unspecified atom stereocenters. The molecule has 3 heteroatoms. The Morgan fingerprint density at radius 1 is 1.41 bits per heavy atom. The zero-order valence-electron chi connectivity index (χ0n) is 10.7. The van der Waals surface area contributed by atoms with E-state index in [1.54, 1.807) is 13.2 Å².